The Hall–Kier alpha value is -3.13. The number of ether oxygens (including phenoxy) is 2. The monoisotopic (exact) mass is 784 g/mol. The van der Waals surface area contributed by atoms with Gasteiger partial charge >= 0.3 is 30.7 Å². The van der Waals surface area contributed by atoms with Gasteiger partial charge in [0.15, 0.2) is 10.8 Å². The molecule has 0 saturated carbocycles. The van der Waals surface area contributed by atoms with Crippen LogP contribution in [0.4, 0.5) is 52.7 Å². The Morgan fingerprint density at radius 1 is 0.566 bits per heavy atom. The number of rotatable bonds is 7. The molecule has 2 atom stereocenters. The lowest BCUT2D eigenvalue weighted by molar-refractivity contribution is -0.298. The summed E-state index contributed by atoms with van der Waals surface area (Å²) >= 11 is 0. The molecular formula is C38H52F12O3. The molecule has 0 saturated heterocycles. The molecule has 2 aromatic carbocycles. The van der Waals surface area contributed by atoms with Gasteiger partial charge in [0.05, 0.1) is 12.5 Å². The van der Waals surface area contributed by atoms with Crippen LogP contribution in [0.3, 0.4) is 0 Å². The zero-order valence-corrected chi connectivity index (χ0v) is 32.4. The van der Waals surface area contributed by atoms with E-state index in [1.807, 2.05) is 20.8 Å². The van der Waals surface area contributed by atoms with Gasteiger partial charge in [0, 0.05) is 0 Å². The van der Waals surface area contributed by atoms with E-state index in [0.717, 1.165) is 5.75 Å². The van der Waals surface area contributed by atoms with Gasteiger partial charge in [-0.05, 0) is 114 Å². The molecule has 0 fully saturated rings. The summed E-state index contributed by atoms with van der Waals surface area (Å²) in [6, 6.07) is 8.88. The molecule has 0 aromatic heterocycles. The van der Waals surface area contributed by atoms with E-state index in [1.165, 1.54) is 32.9 Å². The fraction of sp³-hybridized carbons (Fsp3) is 0.658. The number of hydrogen-bond donors (Lipinski definition) is 0. The molecule has 0 aliphatic carbocycles. The fourth-order valence-corrected chi connectivity index (χ4v) is 4.49. The van der Waals surface area contributed by atoms with Crippen molar-refractivity contribution in [1.82, 2.24) is 0 Å². The number of alkyl halides is 12. The average molecular weight is 785 g/mol. The fourth-order valence-electron chi connectivity index (χ4n) is 4.49. The number of hydrogen-bond acceptors (Lipinski definition) is 3. The lowest BCUT2D eigenvalue weighted by Crippen LogP contribution is -2.53. The maximum absolute atomic E-state index is 13.4. The van der Waals surface area contributed by atoms with E-state index >= 15 is 0 Å². The largest absolute Gasteiger partial charge is 0.488 e. The molecule has 53 heavy (non-hydrogen) atoms. The summed E-state index contributed by atoms with van der Waals surface area (Å²) in [5, 5.41) is 0. The Balaban J connectivity index is 0.000000964. The van der Waals surface area contributed by atoms with Crippen LogP contribution in [0.25, 0.3) is 0 Å². The van der Waals surface area contributed by atoms with Crippen LogP contribution in [0.5, 0.6) is 5.75 Å². The van der Waals surface area contributed by atoms with E-state index in [0.29, 0.717) is 18.1 Å². The highest BCUT2D eigenvalue weighted by Crippen LogP contribution is 2.56. The predicted molar refractivity (Wildman–Crippen MR) is 181 cm³/mol. The van der Waals surface area contributed by atoms with Crippen LogP contribution >= 0.6 is 0 Å². The van der Waals surface area contributed by atoms with Gasteiger partial charge in [-0.1, -0.05) is 58.0 Å². The molecule has 2 rings (SSSR count). The molecule has 0 aliphatic heterocycles. The molecular weight excluding hydrogens is 732 g/mol. The van der Waals surface area contributed by atoms with Crippen molar-refractivity contribution in [2.24, 2.45) is 5.41 Å². The second-order valence-electron chi connectivity index (χ2n) is 15.2. The van der Waals surface area contributed by atoms with Crippen molar-refractivity contribution in [2.75, 3.05) is 7.11 Å². The first-order valence-corrected chi connectivity index (χ1v) is 16.8. The number of methoxy groups -OCH3 is 1. The summed E-state index contributed by atoms with van der Waals surface area (Å²) in [5.41, 5.74) is -12.4. The van der Waals surface area contributed by atoms with Crippen molar-refractivity contribution >= 4 is 5.97 Å². The Labute approximate surface area is 304 Å². The van der Waals surface area contributed by atoms with Crippen molar-refractivity contribution in [3.05, 3.63) is 64.7 Å². The topological polar surface area (TPSA) is 35.5 Å². The Bertz CT molecular complexity index is 1360. The molecule has 306 valence electrons. The first-order chi connectivity index (χ1) is 23.5. The number of esters is 1. The molecule has 0 amide bonds. The van der Waals surface area contributed by atoms with Crippen molar-refractivity contribution in [1.29, 1.82) is 0 Å². The van der Waals surface area contributed by atoms with Gasteiger partial charge in [-0.25, -0.2) is 0 Å². The van der Waals surface area contributed by atoms with E-state index in [9.17, 15) is 57.5 Å². The maximum Gasteiger partial charge on any atom is 0.406 e. The zero-order valence-electron chi connectivity index (χ0n) is 32.4. The zero-order chi connectivity index (χ0) is 42.4. The SMILES string of the molecule is CCC(C)c1cc(C(C)(C(F)(F)F)C(F)(F)F)cc(C(C)(C(F)(F)F)C(F)(F)F)c1.CCC(C)c1ccc(OC(C)(C)C)cc1.COC(=O)C(C)(C)C. The molecule has 0 aliphatic rings. The average Bonchev–Trinajstić information content (AvgIpc) is 3.00. The Kier molecular flexibility index (Phi) is 16.5. The minimum Gasteiger partial charge on any atom is -0.488 e. The van der Waals surface area contributed by atoms with Crippen molar-refractivity contribution in [3.8, 4) is 5.75 Å². The third-order valence-corrected chi connectivity index (χ3v) is 8.84. The molecule has 2 aromatic rings. The number of carbonyl (C=O) groups excluding carboxylic acids is 1. The highest BCUT2D eigenvalue weighted by Gasteiger charge is 2.71. The van der Waals surface area contributed by atoms with E-state index < -0.39 is 58.1 Å². The van der Waals surface area contributed by atoms with Gasteiger partial charge in [0.1, 0.15) is 11.4 Å². The standard InChI is InChI=1S/C18H18F12.C14H22O.C6H12O2/c1-5-9(2)10-6-11(13(3,15(19,20)21)16(22,23)24)8-12(7-10)14(4,17(25,26)27)18(28,29)30;1-6-11(2)12-7-9-13(10-8-12)15-14(3,4)5;1-6(2,3)5(7)8-4/h6-9H,5H2,1-4H3;7-11H,6H2,1-5H3;1-4H3. The minimum atomic E-state index is -6.04. The summed E-state index contributed by atoms with van der Waals surface area (Å²) in [7, 11) is 1.40. The molecule has 2 unspecified atom stereocenters. The highest BCUT2D eigenvalue weighted by atomic mass is 19.4. The number of benzene rings is 2. The van der Waals surface area contributed by atoms with Crippen LogP contribution in [-0.4, -0.2) is 43.4 Å². The summed E-state index contributed by atoms with van der Waals surface area (Å²) in [6.07, 6.45) is -22.9. The van der Waals surface area contributed by atoms with Crippen LogP contribution in [0, 0.1) is 5.41 Å². The van der Waals surface area contributed by atoms with Gasteiger partial charge < -0.3 is 9.47 Å². The van der Waals surface area contributed by atoms with E-state index in [-0.39, 0.29) is 43.3 Å². The number of halogens is 12. The van der Waals surface area contributed by atoms with Gasteiger partial charge in [0.25, 0.3) is 0 Å². The molecule has 0 spiro atoms. The van der Waals surface area contributed by atoms with Crippen LogP contribution in [0.2, 0.25) is 0 Å². The molecule has 0 N–H and O–H groups in total. The molecule has 0 heterocycles. The summed E-state index contributed by atoms with van der Waals surface area (Å²) in [5.74, 6) is 0.515. The van der Waals surface area contributed by atoms with Gasteiger partial charge in [-0.3, -0.25) is 4.79 Å². The van der Waals surface area contributed by atoms with Crippen molar-refractivity contribution in [2.45, 2.75) is 149 Å². The summed E-state index contributed by atoms with van der Waals surface area (Å²) in [4.78, 5) is 10.6. The minimum absolute atomic E-state index is 0.0480. The summed E-state index contributed by atoms with van der Waals surface area (Å²) in [6.45, 7) is 18.2. The lowest BCUT2D eigenvalue weighted by atomic mass is 9.73. The second kappa shape index (κ2) is 17.6. The molecule has 3 nitrogen and oxygen atoms in total. The van der Waals surface area contributed by atoms with Crippen LogP contribution in [0.1, 0.15) is 130 Å². The van der Waals surface area contributed by atoms with Gasteiger partial charge in [0.2, 0.25) is 0 Å². The third-order valence-electron chi connectivity index (χ3n) is 8.84. The van der Waals surface area contributed by atoms with E-state index in [4.69, 9.17) is 4.74 Å². The molecule has 0 radical (unpaired) electrons. The van der Waals surface area contributed by atoms with E-state index in [1.54, 1.807) is 0 Å². The molecule has 0 bridgehead atoms. The predicted octanol–water partition coefficient (Wildman–Crippen LogP) is 13.5. The highest BCUT2D eigenvalue weighted by molar-refractivity contribution is 5.75. The lowest BCUT2D eigenvalue weighted by Gasteiger charge is -2.38. The normalized spacial score (nSPS) is 14.6. The maximum atomic E-state index is 13.4. The Morgan fingerprint density at radius 2 is 0.887 bits per heavy atom. The first kappa shape index (κ1) is 49.9. The van der Waals surface area contributed by atoms with Crippen molar-refractivity contribution < 1.29 is 67.0 Å². The first-order valence-electron chi connectivity index (χ1n) is 16.8. The number of carbonyl (C=O) groups is 1. The quantitative estimate of drug-likeness (QED) is 0.207. The van der Waals surface area contributed by atoms with Crippen LogP contribution < -0.4 is 4.74 Å². The van der Waals surface area contributed by atoms with Crippen molar-refractivity contribution in [3.63, 3.8) is 0 Å². The van der Waals surface area contributed by atoms with Crippen LogP contribution in [-0.2, 0) is 20.4 Å². The summed E-state index contributed by atoms with van der Waals surface area (Å²) < 4.78 is 171. The third kappa shape index (κ3) is 12.7. The Morgan fingerprint density at radius 3 is 1.11 bits per heavy atom. The smallest absolute Gasteiger partial charge is 0.406 e. The van der Waals surface area contributed by atoms with E-state index in [2.05, 4.69) is 63.6 Å². The second-order valence-corrected chi connectivity index (χ2v) is 15.2. The van der Waals surface area contributed by atoms with Crippen LogP contribution in [0.15, 0.2) is 42.5 Å². The van der Waals surface area contributed by atoms with Gasteiger partial charge in [-0.15, -0.1) is 0 Å². The van der Waals surface area contributed by atoms with Gasteiger partial charge in [-0.2, -0.15) is 52.7 Å². The molecule has 15 heteroatoms.